The van der Waals surface area contributed by atoms with Gasteiger partial charge in [-0.25, -0.2) is 4.98 Å². The van der Waals surface area contributed by atoms with E-state index in [-0.39, 0.29) is 5.56 Å². The van der Waals surface area contributed by atoms with Gasteiger partial charge in [-0.3, -0.25) is 4.79 Å². The average molecular weight is 424 g/mol. The smallest absolute Gasteiger partial charge is 0.255 e. The first-order chi connectivity index (χ1) is 12.7. The van der Waals surface area contributed by atoms with Crippen LogP contribution in [0.2, 0.25) is 0 Å². The summed E-state index contributed by atoms with van der Waals surface area (Å²) in [7, 11) is 0. The lowest BCUT2D eigenvalue weighted by atomic mass is 9.99. The lowest BCUT2D eigenvalue weighted by molar-refractivity contribution is 0.938. The minimum atomic E-state index is -0.0990. The zero-order valence-electron chi connectivity index (χ0n) is 13.8. The second-order valence-corrected chi connectivity index (χ2v) is 8.04. The number of fused-ring (bicyclic) bond motifs is 1. The fraction of sp³-hybridized carbons (Fsp3) is 0.150. The third kappa shape index (κ3) is 3.20. The fourth-order valence-electron chi connectivity index (χ4n) is 3.04. The Labute approximate surface area is 163 Å². The van der Waals surface area contributed by atoms with E-state index >= 15 is 0 Å². The van der Waals surface area contributed by atoms with E-state index in [1.807, 2.05) is 42.5 Å². The molecule has 0 bridgehead atoms. The van der Waals surface area contributed by atoms with Gasteiger partial charge in [0.2, 0.25) is 0 Å². The van der Waals surface area contributed by atoms with E-state index in [9.17, 15) is 10.1 Å². The molecular weight excluding hydrogens is 410 g/mol. The zero-order chi connectivity index (χ0) is 18.1. The van der Waals surface area contributed by atoms with Gasteiger partial charge < -0.3 is 4.98 Å². The minimum Gasteiger partial charge on any atom is -0.306 e. The van der Waals surface area contributed by atoms with Crippen LogP contribution in [0.1, 0.15) is 16.8 Å². The molecule has 0 saturated heterocycles. The molecule has 6 heteroatoms. The second kappa shape index (κ2) is 7.10. The average Bonchev–Trinajstić information content (AvgIpc) is 2.68. The lowest BCUT2D eigenvalue weighted by Gasteiger charge is -2.15. The molecule has 0 radical (unpaired) electrons. The number of hydrogen-bond donors (Lipinski definition) is 1. The van der Waals surface area contributed by atoms with Gasteiger partial charge in [0.15, 0.2) is 0 Å². The molecule has 3 aromatic rings. The summed E-state index contributed by atoms with van der Waals surface area (Å²) in [4.78, 5) is 19.9. The normalized spacial score (nSPS) is 13.1. The van der Waals surface area contributed by atoms with Crippen LogP contribution in [-0.4, -0.2) is 15.7 Å². The Bertz CT molecular complexity index is 1080. The van der Waals surface area contributed by atoms with Crippen molar-refractivity contribution < 1.29 is 0 Å². The van der Waals surface area contributed by atoms with Crippen molar-refractivity contribution in [3.8, 4) is 28.6 Å². The Morgan fingerprint density at radius 1 is 1.15 bits per heavy atom. The van der Waals surface area contributed by atoms with Crippen LogP contribution in [0.15, 0.2) is 51.7 Å². The van der Waals surface area contributed by atoms with Crippen LogP contribution in [0, 0.1) is 11.3 Å². The van der Waals surface area contributed by atoms with E-state index in [0.29, 0.717) is 22.7 Å². The zero-order valence-corrected chi connectivity index (χ0v) is 16.2. The SMILES string of the molecule is N#Cc1cc(-c2ccc(Br)cc2)ccc1-c1nc2c(c(=O)[nH]1)CSCC2. The Morgan fingerprint density at radius 3 is 2.69 bits per heavy atom. The lowest BCUT2D eigenvalue weighted by Crippen LogP contribution is -2.21. The van der Waals surface area contributed by atoms with Crippen LogP contribution in [0.3, 0.4) is 0 Å². The van der Waals surface area contributed by atoms with Crippen LogP contribution in [0.5, 0.6) is 0 Å². The number of nitrogens with zero attached hydrogens (tertiary/aromatic N) is 2. The molecule has 0 aliphatic carbocycles. The van der Waals surface area contributed by atoms with E-state index in [1.165, 1.54) is 0 Å². The monoisotopic (exact) mass is 423 g/mol. The summed E-state index contributed by atoms with van der Waals surface area (Å²) in [5.74, 6) is 2.14. The number of benzene rings is 2. The fourth-order valence-corrected chi connectivity index (χ4v) is 4.28. The van der Waals surface area contributed by atoms with Crippen LogP contribution in [-0.2, 0) is 12.2 Å². The van der Waals surface area contributed by atoms with E-state index in [1.54, 1.807) is 11.8 Å². The summed E-state index contributed by atoms with van der Waals surface area (Å²) >= 11 is 5.18. The third-order valence-electron chi connectivity index (χ3n) is 4.40. The first-order valence-corrected chi connectivity index (χ1v) is 10.1. The van der Waals surface area contributed by atoms with Gasteiger partial charge in [-0.1, -0.05) is 34.1 Å². The third-order valence-corrected chi connectivity index (χ3v) is 5.92. The summed E-state index contributed by atoms with van der Waals surface area (Å²) in [5, 5.41) is 9.62. The number of aromatic nitrogens is 2. The molecule has 0 spiro atoms. The highest BCUT2D eigenvalue weighted by molar-refractivity contribution is 9.10. The van der Waals surface area contributed by atoms with Crippen molar-refractivity contribution in [1.29, 1.82) is 5.26 Å². The number of rotatable bonds is 2. The van der Waals surface area contributed by atoms with E-state index < -0.39 is 0 Å². The molecule has 4 rings (SSSR count). The van der Waals surface area contributed by atoms with Crippen molar-refractivity contribution in [2.75, 3.05) is 5.75 Å². The van der Waals surface area contributed by atoms with Gasteiger partial charge in [-0.05, 0) is 47.6 Å². The minimum absolute atomic E-state index is 0.0990. The molecule has 0 saturated carbocycles. The molecule has 1 aliphatic heterocycles. The Morgan fingerprint density at radius 2 is 1.92 bits per heavy atom. The Kier molecular flexibility index (Phi) is 4.66. The van der Waals surface area contributed by atoms with Gasteiger partial charge in [0.25, 0.3) is 5.56 Å². The van der Waals surface area contributed by atoms with Gasteiger partial charge in [-0.2, -0.15) is 17.0 Å². The van der Waals surface area contributed by atoms with Crippen molar-refractivity contribution in [2.45, 2.75) is 12.2 Å². The van der Waals surface area contributed by atoms with Gasteiger partial charge in [0.1, 0.15) is 5.82 Å². The van der Waals surface area contributed by atoms with Crippen molar-refractivity contribution in [2.24, 2.45) is 0 Å². The number of hydrogen-bond acceptors (Lipinski definition) is 4. The number of halogens is 1. The molecule has 2 heterocycles. The Hall–Kier alpha value is -2.36. The quantitative estimate of drug-likeness (QED) is 0.657. The first-order valence-electron chi connectivity index (χ1n) is 8.16. The summed E-state index contributed by atoms with van der Waals surface area (Å²) in [6.07, 6.45) is 0.787. The molecular formula is C20H14BrN3OS. The molecule has 0 amide bonds. The van der Waals surface area contributed by atoms with Crippen LogP contribution in [0.4, 0.5) is 0 Å². The predicted molar refractivity (Wildman–Crippen MR) is 108 cm³/mol. The first kappa shape index (κ1) is 17.1. The molecule has 0 fully saturated rings. The van der Waals surface area contributed by atoms with Gasteiger partial charge in [-0.15, -0.1) is 0 Å². The number of nitrogens with one attached hydrogen (secondary N) is 1. The maximum absolute atomic E-state index is 12.4. The molecule has 0 atom stereocenters. The van der Waals surface area contributed by atoms with Crippen LogP contribution in [0.25, 0.3) is 22.5 Å². The predicted octanol–water partition coefficient (Wildman–Crippen LogP) is 4.53. The van der Waals surface area contributed by atoms with Crippen molar-refractivity contribution in [3.63, 3.8) is 0 Å². The summed E-state index contributed by atoms with van der Waals surface area (Å²) in [6, 6.07) is 15.8. The van der Waals surface area contributed by atoms with E-state index in [4.69, 9.17) is 0 Å². The molecule has 2 aromatic carbocycles. The number of nitriles is 1. The second-order valence-electron chi connectivity index (χ2n) is 6.02. The van der Waals surface area contributed by atoms with E-state index in [2.05, 4.69) is 32.0 Å². The number of aromatic amines is 1. The van der Waals surface area contributed by atoms with Crippen molar-refractivity contribution in [1.82, 2.24) is 9.97 Å². The van der Waals surface area contributed by atoms with Crippen LogP contribution >= 0.6 is 27.7 Å². The summed E-state index contributed by atoms with van der Waals surface area (Å²) in [5.41, 5.74) is 4.65. The maximum Gasteiger partial charge on any atom is 0.255 e. The van der Waals surface area contributed by atoms with E-state index in [0.717, 1.165) is 39.0 Å². The van der Waals surface area contributed by atoms with Gasteiger partial charge >= 0.3 is 0 Å². The highest BCUT2D eigenvalue weighted by Crippen LogP contribution is 2.29. The summed E-state index contributed by atoms with van der Waals surface area (Å²) in [6.45, 7) is 0. The number of thioether (sulfide) groups is 1. The summed E-state index contributed by atoms with van der Waals surface area (Å²) < 4.78 is 1.01. The number of H-pyrrole nitrogens is 1. The Balaban J connectivity index is 1.80. The molecule has 0 unspecified atom stereocenters. The highest BCUT2D eigenvalue weighted by atomic mass is 79.9. The largest absolute Gasteiger partial charge is 0.306 e. The topological polar surface area (TPSA) is 69.5 Å². The maximum atomic E-state index is 12.4. The molecule has 1 N–H and O–H groups in total. The molecule has 1 aliphatic rings. The van der Waals surface area contributed by atoms with Crippen molar-refractivity contribution in [3.05, 3.63) is 74.1 Å². The molecule has 128 valence electrons. The van der Waals surface area contributed by atoms with Gasteiger partial charge in [0.05, 0.1) is 17.3 Å². The highest BCUT2D eigenvalue weighted by Gasteiger charge is 2.18. The molecule has 26 heavy (non-hydrogen) atoms. The molecule has 1 aromatic heterocycles. The standard InChI is InChI=1S/C20H14BrN3OS/c21-15-4-1-12(2-5-15)13-3-6-16(14(9-13)10-22)19-23-18-7-8-26-11-17(18)20(25)24-19/h1-6,9H,7-8,11H2,(H,23,24,25). The van der Waals surface area contributed by atoms with Crippen molar-refractivity contribution >= 4 is 27.7 Å². The number of aryl methyl sites for hydroxylation is 1. The molecule has 4 nitrogen and oxygen atoms in total. The van der Waals surface area contributed by atoms with Crippen LogP contribution < -0.4 is 5.56 Å². The van der Waals surface area contributed by atoms with Gasteiger partial charge in [0, 0.05) is 21.4 Å².